The zero-order chi connectivity index (χ0) is 7.40. The van der Waals surface area contributed by atoms with Crippen LogP contribution in [0.2, 0.25) is 0 Å². The predicted octanol–water partition coefficient (Wildman–Crippen LogP) is 2.56. The average Bonchev–Trinajstić information content (AvgIpc) is 2.31. The van der Waals surface area contributed by atoms with Crippen LogP contribution >= 0.6 is 35.2 Å². The molecule has 3 heteroatoms. The molecule has 0 atom stereocenters. The maximum Gasteiger partial charge on any atom is 0.0388 e. The molecule has 0 aliphatic rings. The Kier molecular flexibility index (Phi) is 3.34. The van der Waals surface area contributed by atoms with E-state index in [-0.39, 0.29) is 0 Å². The van der Waals surface area contributed by atoms with Gasteiger partial charge in [0.1, 0.15) is 0 Å². The summed E-state index contributed by atoms with van der Waals surface area (Å²) in [6.07, 6.45) is 6.00. The van der Waals surface area contributed by atoms with Gasteiger partial charge in [-0.3, -0.25) is 0 Å². The SMILES string of the molecule is SCC=Cc1cc(I)c[nH]1. The molecule has 10 heavy (non-hydrogen) atoms. The van der Waals surface area contributed by atoms with Gasteiger partial charge in [0, 0.05) is 21.2 Å². The van der Waals surface area contributed by atoms with E-state index in [2.05, 4.69) is 46.3 Å². The van der Waals surface area contributed by atoms with Crippen LogP contribution in [-0.4, -0.2) is 10.7 Å². The zero-order valence-electron chi connectivity index (χ0n) is 5.34. The van der Waals surface area contributed by atoms with Gasteiger partial charge in [-0.25, -0.2) is 0 Å². The molecule has 0 aliphatic carbocycles. The van der Waals surface area contributed by atoms with Crippen molar-refractivity contribution in [3.8, 4) is 0 Å². The second-order valence-electron chi connectivity index (χ2n) is 1.86. The number of H-pyrrole nitrogens is 1. The van der Waals surface area contributed by atoms with Gasteiger partial charge in [0.15, 0.2) is 0 Å². The van der Waals surface area contributed by atoms with Crippen molar-refractivity contribution < 1.29 is 0 Å². The molecule has 1 heterocycles. The molecule has 0 aliphatic heterocycles. The van der Waals surface area contributed by atoms with Crippen LogP contribution in [0.25, 0.3) is 6.08 Å². The Bertz CT molecular complexity index is 229. The van der Waals surface area contributed by atoms with Gasteiger partial charge < -0.3 is 4.98 Å². The van der Waals surface area contributed by atoms with E-state index in [0.29, 0.717) is 0 Å². The van der Waals surface area contributed by atoms with Crippen LogP contribution in [0.4, 0.5) is 0 Å². The smallest absolute Gasteiger partial charge is 0.0388 e. The Balaban J connectivity index is 2.67. The second kappa shape index (κ2) is 4.08. The van der Waals surface area contributed by atoms with E-state index < -0.39 is 0 Å². The first-order valence-electron chi connectivity index (χ1n) is 2.94. The van der Waals surface area contributed by atoms with Crippen molar-refractivity contribution in [2.45, 2.75) is 0 Å². The molecule has 0 unspecified atom stereocenters. The van der Waals surface area contributed by atoms with Gasteiger partial charge in [0.2, 0.25) is 0 Å². The fraction of sp³-hybridized carbons (Fsp3) is 0.143. The van der Waals surface area contributed by atoms with E-state index in [1.165, 1.54) is 3.57 Å². The Morgan fingerprint density at radius 1 is 1.70 bits per heavy atom. The first-order valence-corrected chi connectivity index (χ1v) is 4.65. The molecule has 0 fully saturated rings. The quantitative estimate of drug-likeness (QED) is 0.604. The first kappa shape index (κ1) is 8.20. The molecule has 1 rings (SSSR count). The van der Waals surface area contributed by atoms with Crippen molar-refractivity contribution in [2.75, 3.05) is 5.75 Å². The number of nitrogens with one attached hydrogen (secondary N) is 1. The molecule has 0 radical (unpaired) electrons. The van der Waals surface area contributed by atoms with E-state index in [1.807, 2.05) is 18.3 Å². The highest BCUT2D eigenvalue weighted by molar-refractivity contribution is 14.1. The first-order chi connectivity index (χ1) is 4.83. The van der Waals surface area contributed by atoms with Crippen LogP contribution in [0.5, 0.6) is 0 Å². The minimum atomic E-state index is 0.787. The van der Waals surface area contributed by atoms with Gasteiger partial charge in [-0.15, -0.1) is 0 Å². The molecule has 0 amide bonds. The zero-order valence-corrected chi connectivity index (χ0v) is 8.39. The van der Waals surface area contributed by atoms with Crippen molar-refractivity contribution in [1.29, 1.82) is 0 Å². The Labute approximate surface area is 79.5 Å². The van der Waals surface area contributed by atoms with Crippen LogP contribution < -0.4 is 0 Å². The third-order valence-electron chi connectivity index (χ3n) is 1.07. The van der Waals surface area contributed by atoms with Crippen LogP contribution in [0, 0.1) is 3.57 Å². The number of aromatic nitrogens is 1. The maximum atomic E-state index is 4.06. The third-order valence-corrected chi connectivity index (χ3v) is 1.91. The topological polar surface area (TPSA) is 15.8 Å². The largest absolute Gasteiger partial charge is 0.361 e. The molecule has 1 N–H and O–H groups in total. The van der Waals surface area contributed by atoms with Gasteiger partial charge in [-0.05, 0) is 34.7 Å². The van der Waals surface area contributed by atoms with Crippen LogP contribution in [-0.2, 0) is 0 Å². The summed E-state index contributed by atoms with van der Waals surface area (Å²) < 4.78 is 1.23. The second-order valence-corrected chi connectivity index (χ2v) is 3.47. The summed E-state index contributed by atoms with van der Waals surface area (Å²) in [4.78, 5) is 3.11. The normalized spacial score (nSPS) is 11.0. The number of hydrogen-bond acceptors (Lipinski definition) is 1. The monoisotopic (exact) mass is 265 g/mol. The molecule has 1 aromatic heterocycles. The van der Waals surface area contributed by atoms with Crippen LogP contribution in [0.1, 0.15) is 5.69 Å². The minimum absolute atomic E-state index is 0.787. The highest BCUT2D eigenvalue weighted by atomic mass is 127. The molecule has 0 saturated carbocycles. The molecule has 1 nitrogen and oxygen atoms in total. The third kappa shape index (κ3) is 2.38. The van der Waals surface area contributed by atoms with Gasteiger partial charge in [0.05, 0.1) is 0 Å². The number of halogens is 1. The number of rotatable bonds is 2. The van der Waals surface area contributed by atoms with Crippen LogP contribution in [0.3, 0.4) is 0 Å². The lowest BCUT2D eigenvalue weighted by Gasteiger charge is -1.80. The minimum Gasteiger partial charge on any atom is -0.361 e. The van der Waals surface area contributed by atoms with Gasteiger partial charge in [-0.1, -0.05) is 6.08 Å². The van der Waals surface area contributed by atoms with Crippen molar-refractivity contribution in [3.05, 3.63) is 27.6 Å². The summed E-state index contributed by atoms with van der Waals surface area (Å²) in [6.45, 7) is 0. The molecule has 1 aromatic rings. The lowest BCUT2D eigenvalue weighted by molar-refractivity contribution is 1.37. The molecular formula is C7H8INS. The Hall–Kier alpha value is 0.1000. The fourth-order valence-corrected chi connectivity index (χ4v) is 1.26. The summed E-state index contributed by atoms with van der Waals surface area (Å²) in [7, 11) is 0. The highest BCUT2D eigenvalue weighted by Gasteiger charge is 1.88. The van der Waals surface area contributed by atoms with E-state index in [1.54, 1.807) is 0 Å². The van der Waals surface area contributed by atoms with Crippen molar-refractivity contribution in [3.63, 3.8) is 0 Å². The molecule has 0 spiro atoms. The summed E-state index contributed by atoms with van der Waals surface area (Å²) in [5, 5.41) is 0. The molecule has 54 valence electrons. The fourth-order valence-electron chi connectivity index (χ4n) is 0.660. The van der Waals surface area contributed by atoms with Gasteiger partial charge in [0.25, 0.3) is 0 Å². The van der Waals surface area contributed by atoms with Gasteiger partial charge >= 0.3 is 0 Å². The van der Waals surface area contributed by atoms with Crippen molar-refractivity contribution in [2.24, 2.45) is 0 Å². The van der Waals surface area contributed by atoms with E-state index >= 15 is 0 Å². The molecular weight excluding hydrogens is 257 g/mol. The summed E-state index contributed by atoms with van der Waals surface area (Å²) in [5.74, 6) is 0.787. The molecule has 0 aromatic carbocycles. The number of aromatic amines is 1. The van der Waals surface area contributed by atoms with E-state index in [4.69, 9.17) is 0 Å². The summed E-state index contributed by atoms with van der Waals surface area (Å²) in [6, 6.07) is 2.08. The van der Waals surface area contributed by atoms with Crippen LogP contribution in [0.15, 0.2) is 18.3 Å². The Morgan fingerprint density at radius 2 is 2.50 bits per heavy atom. The highest BCUT2D eigenvalue weighted by Crippen LogP contribution is 2.07. The lowest BCUT2D eigenvalue weighted by atomic mass is 10.4. The predicted molar refractivity (Wildman–Crippen MR) is 56.4 cm³/mol. The average molecular weight is 265 g/mol. The van der Waals surface area contributed by atoms with Crippen molar-refractivity contribution >= 4 is 41.3 Å². The summed E-state index contributed by atoms with van der Waals surface area (Å²) in [5.41, 5.74) is 1.14. The molecule has 0 bridgehead atoms. The van der Waals surface area contributed by atoms with Crippen molar-refractivity contribution in [1.82, 2.24) is 4.98 Å². The molecule has 0 saturated heterocycles. The Morgan fingerprint density at radius 3 is 3.00 bits per heavy atom. The standard InChI is InChI=1S/C7H8INS/c8-6-4-7(9-5-6)2-1-3-10/h1-2,4-5,9-10H,3H2. The van der Waals surface area contributed by atoms with E-state index in [0.717, 1.165) is 11.4 Å². The lowest BCUT2D eigenvalue weighted by Crippen LogP contribution is -1.66. The van der Waals surface area contributed by atoms with Gasteiger partial charge in [-0.2, -0.15) is 12.6 Å². The number of hydrogen-bond donors (Lipinski definition) is 2. The maximum absolute atomic E-state index is 4.06. The summed E-state index contributed by atoms with van der Waals surface area (Å²) >= 11 is 6.32. The number of thiol groups is 1. The van der Waals surface area contributed by atoms with E-state index in [9.17, 15) is 0 Å².